The summed E-state index contributed by atoms with van der Waals surface area (Å²) in [5.41, 5.74) is 5.48. The molecule has 5 N–H and O–H groups in total. The molecule has 2 aromatic heterocycles. The van der Waals surface area contributed by atoms with Gasteiger partial charge in [0.05, 0.1) is 0 Å². The van der Waals surface area contributed by atoms with E-state index in [1.54, 1.807) is 12.1 Å². The molecule has 0 radical (unpaired) electrons. The third-order valence-corrected chi connectivity index (χ3v) is 3.62. The highest BCUT2D eigenvalue weighted by molar-refractivity contribution is 5.58. The first-order chi connectivity index (χ1) is 12.7. The van der Waals surface area contributed by atoms with Crippen molar-refractivity contribution in [3.05, 3.63) is 53.5 Å². The fraction of sp³-hybridized carbons (Fsp3) is 0.188. The Morgan fingerprint density at radius 2 is 1.70 bits per heavy atom. The van der Waals surface area contributed by atoms with Gasteiger partial charge in [-0.15, -0.1) is 0 Å². The van der Waals surface area contributed by atoms with Crippen LogP contribution in [-0.2, 0) is 6.18 Å². The Morgan fingerprint density at radius 1 is 1.04 bits per heavy atom. The number of nitrogens with two attached hydrogens (primary N) is 1. The zero-order chi connectivity index (χ0) is 19.6. The lowest BCUT2D eigenvalue weighted by Crippen LogP contribution is -2.10. The van der Waals surface area contributed by atoms with Crippen molar-refractivity contribution < 1.29 is 17.6 Å². The average molecular weight is 381 g/mol. The van der Waals surface area contributed by atoms with E-state index in [4.69, 9.17) is 5.73 Å². The number of aromatic nitrogens is 4. The monoisotopic (exact) mass is 381 g/mol. The fourth-order valence-corrected chi connectivity index (χ4v) is 2.32. The predicted octanol–water partition coefficient (Wildman–Crippen LogP) is 3.86. The topological polar surface area (TPSA) is 105 Å². The largest absolute Gasteiger partial charge is 0.432 e. The number of nitrogens with one attached hydrogen (secondary N) is 3. The molecule has 3 rings (SSSR count). The van der Waals surface area contributed by atoms with Crippen LogP contribution in [0.2, 0.25) is 0 Å². The lowest BCUT2D eigenvalue weighted by atomic mass is 10.1. The van der Waals surface area contributed by atoms with Crippen LogP contribution in [0.25, 0.3) is 0 Å². The van der Waals surface area contributed by atoms with Gasteiger partial charge in [0.15, 0.2) is 5.82 Å². The summed E-state index contributed by atoms with van der Waals surface area (Å²) in [7, 11) is 0. The molecule has 0 amide bonds. The van der Waals surface area contributed by atoms with E-state index in [2.05, 4.69) is 25.7 Å². The molecule has 3 aromatic rings. The van der Waals surface area contributed by atoms with Gasteiger partial charge in [0, 0.05) is 18.2 Å². The summed E-state index contributed by atoms with van der Waals surface area (Å²) in [6, 6.07) is 7.98. The van der Waals surface area contributed by atoms with Crippen molar-refractivity contribution in [2.75, 3.05) is 16.4 Å². The molecule has 0 aliphatic carbocycles. The third kappa shape index (κ3) is 4.63. The normalized spacial score (nSPS) is 12.6. The molecule has 1 unspecified atom stereocenters. The molecule has 0 aliphatic rings. The van der Waals surface area contributed by atoms with Crippen LogP contribution in [0.1, 0.15) is 24.2 Å². The van der Waals surface area contributed by atoms with Crippen LogP contribution in [0.5, 0.6) is 0 Å². The number of H-pyrrole nitrogens is 1. The quantitative estimate of drug-likeness (QED) is 0.501. The van der Waals surface area contributed by atoms with Gasteiger partial charge in [0.25, 0.3) is 0 Å². The number of hydrogen-bond acceptors (Lipinski definition) is 6. The summed E-state index contributed by atoms with van der Waals surface area (Å²) in [5, 5.41) is 11.1. The van der Waals surface area contributed by atoms with Gasteiger partial charge < -0.3 is 16.4 Å². The van der Waals surface area contributed by atoms with Crippen LogP contribution in [-0.4, -0.2) is 20.2 Å². The van der Waals surface area contributed by atoms with E-state index in [0.717, 1.165) is 11.6 Å². The van der Waals surface area contributed by atoms with Crippen LogP contribution in [0.15, 0.2) is 36.4 Å². The average Bonchev–Trinajstić information content (AvgIpc) is 3.03. The van der Waals surface area contributed by atoms with Gasteiger partial charge in [-0.05, 0) is 24.6 Å². The molecule has 2 heterocycles. The predicted molar refractivity (Wildman–Crippen MR) is 91.8 cm³/mol. The van der Waals surface area contributed by atoms with E-state index in [1.165, 1.54) is 18.2 Å². The summed E-state index contributed by atoms with van der Waals surface area (Å²) < 4.78 is 50.9. The molecular weight excluding hydrogens is 366 g/mol. The number of rotatable bonds is 5. The Bertz CT molecular complexity index is 921. The number of benzene rings is 1. The van der Waals surface area contributed by atoms with E-state index in [0.29, 0.717) is 5.82 Å². The van der Waals surface area contributed by atoms with E-state index >= 15 is 0 Å². The van der Waals surface area contributed by atoms with Crippen molar-refractivity contribution in [2.45, 2.75) is 19.1 Å². The van der Waals surface area contributed by atoms with Crippen LogP contribution >= 0.6 is 0 Å². The van der Waals surface area contributed by atoms with Crippen molar-refractivity contribution in [3.8, 4) is 0 Å². The molecule has 0 aliphatic heterocycles. The van der Waals surface area contributed by atoms with Gasteiger partial charge in [-0.1, -0.05) is 12.1 Å². The first-order valence-electron chi connectivity index (χ1n) is 7.77. The molecule has 0 saturated carbocycles. The van der Waals surface area contributed by atoms with Gasteiger partial charge in [-0.3, -0.25) is 5.10 Å². The number of aromatic amines is 1. The molecule has 11 heteroatoms. The molecule has 142 valence electrons. The smallest absolute Gasteiger partial charge is 0.368 e. The highest BCUT2D eigenvalue weighted by atomic mass is 19.4. The molecule has 7 nitrogen and oxygen atoms in total. The summed E-state index contributed by atoms with van der Waals surface area (Å²) in [6.07, 6.45) is -4.53. The van der Waals surface area contributed by atoms with Crippen molar-refractivity contribution in [3.63, 3.8) is 0 Å². The first kappa shape index (κ1) is 18.4. The summed E-state index contributed by atoms with van der Waals surface area (Å²) >= 11 is 0. The van der Waals surface area contributed by atoms with E-state index < -0.39 is 11.9 Å². The highest BCUT2D eigenvalue weighted by Crippen LogP contribution is 2.29. The molecule has 27 heavy (non-hydrogen) atoms. The molecular formula is C16H15F4N7. The van der Waals surface area contributed by atoms with Gasteiger partial charge in [-0.25, -0.2) is 4.39 Å². The van der Waals surface area contributed by atoms with Crippen LogP contribution in [0.4, 0.5) is 41.0 Å². The Hall–Kier alpha value is -3.37. The van der Waals surface area contributed by atoms with E-state index in [1.807, 2.05) is 12.0 Å². The molecule has 0 saturated heterocycles. The van der Waals surface area contributed by atoms with Crippen molar-refractivity contribution >= 4 is 23.4 Å². The van der Waals surface area contributed by atoms with E-state index in [9.17, 15) is 17.6 Å². The van der Waals surface area contributed by atoms with E-state index in [-0.39, 0.29) is 29.4 Å². The zero-order valence-corrected chi connectivity index (χ0v) is 14.0. The molecule has 1 atom stereocenters. The lowest BCUT2D eigenvalue weighted by Gasteiger charge is -2.16. The summed E-state index contributed by atoms with van der Waals surface area (Å²) in [5.74, 6) is 0.00391. The number of alkyl halides is 3. The van der Waals surface area contributed by atoms with Crippen LogP contribution in [0.3, 0.4) is 0 Å². The second kappa shape index (κ2) is 7.09. The Morgan fingerprint density at radius 3 is 2.33 bits per heavy atom. The Labute approximate surface area is 151 Å². The van der Waals surface area contributed by atoms with Crippen LogP contribution < -0.4 is 16.4 Å². The van der Waals surface area contributed by atoms with Gasteiger partial charge in [0.2, 0.25) is 5.95 Å². The second-order valence-corrected chi connectivity index (χ2v) is 5.70. The van der Waals surface area contributed by atoms with Gasteiger partial charge >= 0.3 is 6.18 Å². The molecule has 0 fully saturated rings. The molecule has 0 bridgehead atoms. The molecule has 1 aromatic carbocycles. The number of nitrogen functional groups attached to an aromatic ring is 1. The maximum absolute atomic E-state index is 13.0. The number of halogens is 4. The van der Waals surface area contributed by atoms with Crippen molar-refractivity contribution in [1.82, 2.24) is 20.2 Å². The maximum Gasteiger partial charge on any atom is 0.432 e. The van der Waals surface area contributed by atoms with Crippen molar-refractivity contribution in [2.24, 2.45) is 0 Å². The lowest BCUT2D eigenvalue weighted by molar-refractivity contribution is -0.141. The fourth-order valence-electron chi connectivity index (χ4n) is 2.32. The second-order valence-electron chi connectivity index (χ2n) is 5.70. The first-order valence-corrected chi connectivity index (χ1v) is 7.77. The molecule has 0 spiro atoms. The zero-order valence-electron chi connectivity index (χ0n) is 14.0. The minimum Gasteiger partial charge on any atom is -0.368 e. The summed E-state index contributed by atoms with van der Waals surface area (Å²) in [6.45, 7) is 1.84. The Kier molecular flexibility index (Phi) is 4.84. The highest BCUT2D eigenvalue weighted by Gasteiger charge is 2.33. The maximum atomic E-state index is 13.0. The SMILES string of the molecule is CC(Nc1cc(Nc2cc(C(F)(F)F)[nH]n2)nc(N)n1)c1ccc(F)cc1. The van der Waals surface area contributed by atoms with Crippen LogP contribution in [0, 0.1) is 5.82 Å². The minimum atomic E-state index is -4.53. The number of hydrogen-bond donors (Lipinski definition) is 4. The minimum absolute atomic E-state index is 0.0713. The number of anilines is 4. The standard InChI is InChI=1S/C16H15F4N7/c1-8(9-2-4-10(17)5-3-9)22-12-7-13(25-15(21)24-12)23-14-6-11(26-27-14)16(18,19)20/h2-8H,1H3,(H5,21,22,23,24,25,26,27). The summed E-state index contributed by atoms with van der Waals surface area (Å²) in [4.78, 5) is 7.96. The van der Waals surface area contributed by atoms with Gasteiger partial charge in [0.1, 0.15) is 23.1 Å². The van der Waals surface area contributed by atoms with Gasteiger partial charge in [-0.2, -0.15) is 28.2 Å². The third-order valence-electron chi connectivity index (χ3n) is 3.62. The van der Waals surface area contributed by atoms with Crippen molar-refractivity contribution in [1.29, 1.82) is 0 Å². The number of nitrogens with zero attached hydrogens (tertiary/aromatic N) is 3. The Balaban J connectivity index is 1.76.